The van der Waals surface area contributed by atoms with E-state index < -0.39 is 18.0 Å². The molecule has 0 heterocycles. The third-order valence-electron chi connectivity index (χ3n) is 6.60. The molecule has 1 rings (SSSR count). The SMILES string of the molecule is CCCCCCC=CCCCCC(CCN)C(CCc1ccccc1)C(C(=O)O)C(C)O. The number of carboxylic acid groups (broad SMARTS) is 1. The van der Waals surface area contributed by atoms with Crippen molar-refractivity contribution in [3.63, 3.8) is 0 Å². The van der Waals surface area contributed by atoms with Crippen LogP contribution in [0, 0.1) is 17.8 Å². The van der Waals surface area contributed by atoms with Crippen molar-refractivity contribution in [1.29, 1.82) is 0 Å². The Kier molecular flexibility index (Phi) is 15.8. The Hall–Kier alpha value is -1.65. The summed E-state index contributed by atoms with van der Waals surface area (Å²) in [5.74, 6) is -1.51. The molecule has 1 aromatic carbocycles. The molecule has 0 fully saturated rings. The molecule has 0 amide bonds. The van der Waals surface area contributed by atoms with E-state index in [-0.39, 0.29) is 11.8 Å². The van der Waals surface area contributed by atoms with Gasteiger partial charge in [-0.3, -0.25) is 4.79 Å². The molecule has 0 saturated heterocycles. The number of unbranched alkanes of at least 4 members (excludes halogenated alkanes) is 6. The second-order valence-electron chi connectivity index (χ2n) is 9.24. The Labute approximate surface area is 196 Å². The predicted octanol–water partition coefficient (Wildman–Crippen LogP) is 6.37. The lowest BCUT2D eigenvalue weighted by atomic mass is 9.72. The third-order valence-corrected chi connectivity index (χ3v) is 6.60. The molecule has 0 aliphatic rings. The highest BCUT2D eigenvalue weighted by Crippen LogP contribution is 2.34. The van der Waals surface area contributed by atoms with Crippen LogP contribution in [0.2, 0.25) is 0 Å². The Bertz CT molecular complexity index is 614. The molecule has 0 aromatic heterocycles. The van der Waals surface area contributed by atoms with Gasteiger partial charge in [0, 0.05) is 0 Å². The number of benzene rings is 1. The second kappa shape index (κ2) is 17.9. The standard InChI is InChI=1S/C28H47NO3/c1-3-4-5-6-7-8-9-10-11-15-18-25(21-22-29)26(27(23(2)30)28(31)32)20-19-24-16-13-12-14-17-24/h8-9,12-14,16-17,23,25-27,30H,3-7,10-11,15,18-22,29H2,1-2H3,(H,31,32). The summed E-state index contributed by atoms with van der Waals surface area (Å²) >= 11 is 0. The first-order chi connectivity index (χ1) is 15.5. The summed E-state index contributed by atoms with van der Waals surface area (Å²) < 4.78 is 0. The number of carbonyl (C=O) groups is 1. The zero-order valence-corrected chi connectivity index (χ0v) is 20.4. The zero-order valence-electron chi connectivity index (χ0n) is 20.4. The van der Waals surface area contributed by atoms with E-state index in [2.05, 4.69) is 31.2 Å². The lowest BCUT2D eigenvalue weighted by molar-refractivity contribution is -0.149. The van der Waals surface area contributed by atoms with Crippen molar-refractivity contribution >= 4 is 5.97 Å². The number of aryl methyl sites for hydroxylation is 1. The van der Waals surface area contributed by atoms with E-state index in [1.165, 1.54) is 37.7 Å². The average molecular weight is 446 g/mol. The number of rotatable bonds is 19. The van der Waals surface area contributed by atoms with Gasteiger partial charge in [0.25, 0.3) is 0 Å². The summed E-state index contributed by atoms with van der Waals surface area (Å²) in [6, 6.07) is 10.2. The summed E-state index contributed by atoms with van der Waals surface area (Å²) in [6.07, 6.45) is 16.7. The van der Waals surface area contributed by atoms with Crippen molar-refractivity contribution in [3.05, 3.63) is 48.0 Å². The van der Waals surface area contributed by atoms with Crippen molar-refractivity contribution in [2.24, 2.45) is 23.5 Å². The highest BCUT2D eigenvalue weighted by atomic mass is 16.4. The fourth-order valence-electron chi connectivity index (χ4n) is 4.81. The van der Waals surface area contributed by atoms with Gasteiger partial charge in [-0.05, 0) is 75.8 Å². The van der Waals surface area contributed by atoms with E-state index in [0.29, 0.717) is 6.54 Å². The molecule has 0 saturated carbocycles. The normalized spacial score (nSPS) is 15.5. The van der Waals surface area contributed by atoms with Crippen LogP contribution in [0.4, 0.5) is 0 Å². The van der Waals surface area contributed by atoms with Crippen molar-refractivity contribution in [2.45, 2.75) is 97.0 Å². The first kappa shape index (κ1) is 28.4. The number of aliphatic hydroxyl groups is 1. The molecule has 182 valence electrons. The molecule has 0 aliphatic carbocycles. The van der Waals surface area contributed by atoms with E-state index in [0.717, 1.165) is 44.9 Å². The lowest BCUT2D eigenvalue weighted by Gasteiger charge is -2.33. The lowest BCUT2D eigenvalue weighted by Crippen LogP contribution is -2.38. The van der Waals surface area contributed by atoms with E-state index in [9.17, 15) is 15.0 Å². The Morgan fingerprint density at radius 2 is 1.62 bits per heavy atom. The number of aliphatic carboxylic acids is 1. The fraction of sp³-hybridized carbons (Fsp3) is 0.679. The smallest absolute Gasteiger partial charge is 0.309 e. The minimum absolute atomic E-state index is 0.0784. The maximum absolute atomic E-state index is 12.0. The van der Waals surface area contributed by atoms with Gasteiger partial charge < -0.3 is 15.9 Å². The number of allylic oxidation sites excluding steroid dienone is 2. The first-order valence-corrected chi connectivity index (χ1v) is 12.8. The molecule has 4 heteroatoms. The number of hydrogen-bond acceptors (Lipinski definition) is 3. The van der Waals surface area contributed by atoms with E-state index >= 15 is 0 Å². The molecule has 0 aliphatic heterocycles. The number of carboxylic acids is 1. The van der Waals surface area contributed by atoms with Crippen LogP contribution in [0.15, 0.2) is 42.5 Å². The maximum atomic E-state index is 12.0. The largest absolute Gasteiger partial charge is 0.481 e. The van der Waals surface area contributed by atoms with Gasteiger partial charge in [-0.15, -0.1) is 0 Å². The summed E-state index contributed by atoms with van der Waals surface area (Å²) in [6.45, 7) is 4.40. The van der Waals surface area contributed by atoms with Crippen molar-refractivity contribution in [3.8, 4) is 0 Å². The van der Waals surface area contributed by atoms with Crippen LogP contribution >= 0.6 is 0 Å². The molecule has 0 bridgehead atoms. The molecular weight excluding hydrogens is 398 g/mol. The quantitative estimate of drug-likeness (QED) is 0.171. The van der Waals surface area contributed by atoms with Gasteiger partial charge in [0.1, 0.15) is 0 Å². The Morgan fingerprint density at radius 3 is 2.19 bits per heavy atom. The van der Waals surface area contributed by atoms with Crippen LogP contribution in [0.1, 0.15) is 90.0 Å². The zero-order chi connectivity index (χ0) is 23.6. The molecule has 0 spiro atoms. The van der Waals surface area contributed by atoms with Gasteiger partial charge >= 0.3 is 5.97 Å². The molecule has 32 heavy (non-hydrogen) atoms. The Balaban J connectivity index is 2.66. The van der Waals surface area contributed by atoms with Gasteiger partial charge in [-0.2, -0.15) is 0 Å². The number of hydrogen-bond donors (Lipinski definition) is 3. The summed E-state index contributed by atoms with van der Waals surface area (Å²) in [5, 5.41) is 20.2. The van der Waals surface area contributed by atoms with E-state index in [1.54, 1.807) is 6.92 Å². The summed E-state index contributed by atoms with van der Waals surface area (Å²) in [7, 11) is 0. The fourth-order valence-corrected chi connectivity index (χ4v) is 4.81. The van der Waals surface area contributed by atoms with Crippen LogP contribution < -0.4 is 5.73 Å². The number of nitrogens with two attached hydrogens (primary N) is 1. The van der Waals surface area contributed by atoms with E-state index in [4.69, 9.17) is 5.73 Å². The maximum Gasteiger partial charge on any atom is 0.309 e. The van der Waals surface area contributed by atoms with Gasteiger partial charge in [0.15, 0.2) is 0 Å². The van der Waals surface area contributed by atoms with Crippen molar-refractivity contribution < 1.29 is 15.0 Å². The average Bonchev–Trinajstić information content (AvgIpc) is 2.77. The minimum Gasteiger partial charge on any atom is -0.481 e. The topological polar surface area (TPSA) is 83.6 Å². The summed E-state index contributed by atoms with van der Waals surface area (Å²) in [4.78, 5) is 12.0. The highest BCUT2D eigenvalue weighted by Gasteiger charge is 2.36. The highest BCUT2D eigenvalue weighted by molar-refractivity contribution is 5.71. The van der Waals surface area contributed by atoms with Gasteiger partial charge in [-0.25, -0.2) is 0 Å². The summed E-state index contributed by atoms with van der Waals surface area (Å²) in [5.41, 5.74) is 7.14. The van der Waals surface area contributed by atoms with Crippen LogP contribution in [0.25, 0.3) is 0 Å². The number of aliphatic hydroxyl groups excluding tert-OH is 1. The molecule has 4 atom stereocenters. The molecule has 0 radical (unpaired) electrons. The second-order valence-corrected chi connectivity index (χ2v) is 9.24. The predicted molar refractivity (Wildman–Crippen MR) is 135 cm³/mol. The van der Waals surface area contributed by atoms with Gasteiger partial charge in [0.05, 0.1) is 12.0 Å². The van der Waals surface area contributed by atoms with Gasteiger partial charge in [0.2, 0.25) is 0 Å². The Morgan fingerprint density at radius 1 is 0.969 bits per heavy atom. The molecule has 4 N–H and O–H groups in total. The van der Waals surface area contributed by atoms with Crippen LogP contribution in [0.3, 0.4) is 0 Å². The first-order valence-electron chi connectivity index (χ1n) is 12.8. The third kappa shape index (κ3) is 11.8. The van der Waals surface area contributed by atoms with Crippen molar-refractivity contribution in [1.82, 2.24) is 0 Å². The van der Waals surface area contributed by atoms with Crippen LogP contribution in [-0.4, -0.2) is 28.8 Å². The minimum atomic E-state index is -0.897. The van der Waals surface area contributed by atoms with E-state index in [1.807, 2.05) is 18.2 Å². The van der Waals surface area contributed by atoms with Crippen molar-refractivity contribution in [2.75, 3.05) is 6.54 Å². The van der Waals surface area contributed by atoms with Gasteiger partial charge in [-0.1, -0.05) is 81.5 Å². The molecule has 4 unspecified atom stereocenters. The van der Waals surface area contributed by atoms with Crippen LogP contribution in [-0.2, 0) is 11.2 Å². The van der Waals surface area contributed by atoms with Crippen LogP contribution in [0.5, 0.6) is 0 Å². The monoisotopic (exact) mass is 445 g/mol. The molecule has 1 aromatic rings. The molecular formula is C28H47NO3. The molecule has 4 nitrogen and oxygen atoms in total.